The standard InChI is InChI=1S/C26H32ClF3N6O2/c27-20-13-33-24(35-18-6-4-17(5-7-18)32-14-22(37)26(28,29)30)12-19(20)21-2-1-3-23(36-21)34-16-25(15-31)8-10-38-11-9-25/h1-3,12-13,17-18,22,32,37H,4-11,14,16H2,(H,33,35)(H,34,36). The van der Waals surface area contributed by atoms with Gasteiger partial charge in [0.2, 0.25) is 0 Å². The minimum Gasteiger partial charge on any atom is -0.382 e. The van der Waals surface area contributed by atoms with Crippen LogP contribution in [0.2, 0.25) is 5.02 Å². The molecule has 0 aromatic carbocycles. The van der Waals surface area contributed by atoms with Crippen LogP contribution in [0.25, 0.3) is 11.3 Å². The first-order valence-corrected chi connectivity index (χ1v) is 13.2. The van der Waals surface area contributed by atoms with Crippen molar-refractivity contribution >= 4 is 23.2 Å². The highest BCUT2D eigenvalue weighted by Gasteiger charge is 2.38. The van der Waals surface area contributed by atoms with Crippen molar-refractivity contribution in [2.75, 3.05) is 36.9 Å². The fourth-order valence-electron chi connectivity index (χ4n) is 4.79. The second-order valence-electron chi connectivity index (χ2n) is 9.97. The van der Waals surface area contributed by atoms with E-state index in [-0.39, 0.29) is 12.1 Å². The van der Waals surface area contributed by atoms with Crippen molar-refractivity contribution in [3.8, 4) is 17.3 Å². The largest absolute Gasteiger partial charge is 0.415 e. The Kier molecular flexibility index (Phi) is 9.31. The molecule has 38 heavy (non-hydrogen) atoms. The first kappa shape index (κ1) is 28.4. The molecule has 12 heteroatoms. The molecule has 1 saturated heterocycles. The van der Waals surface area contributed by atoms with Gasteiger partial charge >= 0.3 is 6.18 Å². The molecule has 0 bridgehead atoms. The molecule has 0 radical (unpaired) electrons. The van der Waals surface area contributed by atoms with E-state index in [0.29, 0.717) is 73.4 Å². The van der Waals surface area contributed by atoms with Crippen molar-refractivity contribution in [1.82, 2.24) is 15.3 Å². The number of hydrogen-bond acceptors (Lipinski definition) is 8. The zero-order chi connectivity index (χ0) is 27.2. The molecule has 1 aliphatic carbocycles. The number of aliphatic hydroxyl groups is 1. The number of aliphatic hydroxyl groups excluding tert-OH is 1. The maximum absolute atomic E-state index is 12.5. The Morgan fingerprint density at radius 2 is 1.87 bits per heavy atom. The number of nitrogens with zero attached hydrogens (tertiary/aromatic N) is 3. The van der Waals surface area contributed by atoms with Crippen LogP contribution < -0.4 is 16.0 Å². The predicted octanol–water partition coefficient (Wildman–Crippen LogP) is 4.77. The number of halogens is 4. The van der Waals surface area contributed by atoms with Gasteiger partial charge in [0.1, 0.15) is 11.6 Å². The van der Waals surface area contributed by atoms with E-state index in [4.69, 9.17) is 21.3 Å². The number of nitrogens with one attached hydrogen (secondary N) is 3. The molecular formula is C26H32ClF3N6O2. The predicted molar refractivity (Wildman–Crippen MR) is 139 cm³/mol. The van der Waals surface area contributed by atoms with Crippen molar-refractivity contribution in [2.45, 2.75) is 62.9 Å². The van der Waals surface area contributed by atoms with Gasteiger partial charge in [-0.15, -0.1) is 0 Å². The maximum Gasteiger partial charge on any atom is 0.415 e. The number of alkyl halides is 3. The quantitative estimate of drug-likeness (QED) is 0.352. The van der Waals surface area contributed by atoms with Gasteiger partial charge in [-0.2, -0.15) is 18.4 Å². The third-order valence-electron chi connectivity index (χ3n) is 7.23. The zero-order valence-corrected chi connectivity index (χ0v) is 21.7. The molecule has 4 N–H and O–H groups in total. The molecule has 3 heterocycles. The third kappa shape index (κ3) is 7.47. The van der Waals surface area contributed by atoms with E-state index in [1.54, 1.807) is 6.20 Å². The molecule has 206 valence electrons. The van der Waals surface area contributed by atoms with E-state index in [1.165, 1.54) is 0 Å². The first-order chi connectivity index (χ1) is 18.2. The second kappa shape index (κ2) is 12.5. The Hall–Kier alpha value is -2.65. The van der Waals surface area contributed by atoms with Crippen LogP contribution in [0.3, 0.4) is 0 Å². The number of aromatic nitrogens is 2. The van der Waals surface area contributed by atoms with Gasteiger partial charge in [-0.05, 0) is 56.7 Å². The normalized spacial score (nSPS) is 22.3. The highest BCUT2D eigenvalue weighted by molar-refractivity contribution is 6.33. The van der Waals surface area contributed by atoms with Crippen LogP contribution in [0.1, 0.15) is 38.5 Å². The summed E-state index contributed by atoms with van der Waals surface area (Å²) in [5.41, 5.74) is 0.901. The van der Waals surface area contributed by atoms with Gasteiger partial charge in [0.15, 0.2) is 6.10 Å². The summed E-state index contributed by atoms with van der Waals surface area (Å²) in [5.74, 6) is 1.28. The highest BCUT2D eigenvalue weighted by Crippen LogP contribution is 2.32. The number of rotatable bonds is 9. The Bertz CT molecular complexity index is 1110. The molecule has 0 amide bonds. The summed E-state index contributed by atoms with van der Waals surface area (Å²) >= 11 is 6.46. The molecular weight excluding hydrogens is 521 g/mol. The fraction of sp³-hybridized carbons (Fsp3) is 0.577. The minimum absolute atomic E-state index is 0.0699. The zero-order valence-electron chi connectivity index (χ0n) is 20.9. The molecule has 1 aliphatic heterocycles. The summed E-state index contributed by atoms with van der Waals surface area (Å²) in [6.07, 6.45) is -1.17. The monoisotopic (exact) mass is 552 g/mol. The molecule has 2 fully saturated rings. The van der Waals surface area contributed by atoms with Gasteiger partial charge in [0.25, 0.3) is 0 Å². The fourth-order valence-corrected chi connectivity index (χ4v) is 4.99. The molecule has 2 aliphatic rings. The Morgan fingerprint density at radius 1 is 1.16 bits per heavy atom. The van der Waals surface area contributed by atoms with Crippen molar-refractivity contribution in [1.29, 1.82) is 5.26 Å². The summed E-state index contributed by atoms with van der Waals surface area (Å²) < 4.78 is 43.0. The smallest absolute Gasteiger partial charge is 0.382 e. The van der Waals surface area contributed by atoms with E-state index < -0.39 is 24.2 Å². The van der Waals surface area contributed by atoms with Crippen LogP contribution in [0.5, 0.6) is 0 Å². The summed E-state index contributed by atoms with van der Waals surface area (Å²) in [6.45, 7) is 1.13. The maximum atomic E-state index is 12.5. The molecule has 2 aromatic rings. The summed E-state index contributed by atoms with van der Waals surface area (Å²) in [4.78, 5) is 9.10. The van der Waals surface area contributed by atoms with Crippen LogP contribution >= 0.6 is 11.6 Å². The van der Waals surface area contributed by atoms with E-state index in [1.807, 2.05) is 24.3 Å². The third-order valence-corrected chi connectivity index (χ3v) is 7.53. The summed E-state index contributed by atoms with van der Waals surface area (Å²) in [6, 6.07) is 9.91. The molecule has 4 rings (SSSR count). The van der Waals surface area contributed by atoms with Gasteiger partial charge in [-0.3, -0.25) is 0 Å². The molecule has 1 saturated carbocycles. The molecule has 2 aromatic heterocycles. The van der Waals surface area contributed by atoms with Gasteiger partial charge in [0, 0.05) is 50.1 Å². The molecule has 1 atom stereocenters. The number of hydrogen-bond donors (Lipinski definition) is 4. The SMILES string of the molecule is N#CC1(CNc2cccc(-c3cc(NC4CCC(NCC(O)C(F)(F)F)CC4)ncc3Cl)n2)CCOCC1. The molecule has 1 unspecified atom stereocenters. The average Bonchev–Trinajstić information content (AvgIpc) is 2.92. The Morgan fingerprint density at radius 3 is 2.55 bits per heavy atom. The lowest BCUT2D eigenvalue weighted by atomic mass is 9.82. The van der Waals surface area contributed by atoms with Crippen LogP contribution in [-0.2, 0) is 4.74 Å². The molecule has 0 spiro atoms. The molecule has 8 nitrogen and oxygen atoms in total. The average molecular weight is 553 g/mol. The van der Waals surface area contributed by atoms with Gasteiger partial charge < -0.3 is 25.8 Å². The van der Waals surface area contributed by atoms with Gasteiger partial charge in [0.05, 0.1) is 22.2 Å². The topological polar surface area (TPSA) is 115 Å². The summed E-state index contributed by atoms with van der Waals surface area (Å²) in [7, 11) is 0. The Labute approximate surface area is 225 Å². The van der Waals surface area contributed by atoms with Gasteiger partial charge in [-0.1, -0.05) is 17.7 Å². The van der Waals surface area contributed by atoms with Crippen molar-refractivity contribution in [3.05, 3.63) is 35.5 Å². The number of ether oxygens (including phenoxy) is 1. The van der Waals surface area contributed by atoms with Crippen molar-refractivity contribution in [2.24, 2.45) is 5.41 Å². The minimum atomic E-state index is -4.61. The van der Waals surface area contributed by atoms with E-state index >= 15 is 0 Å². The number of pyridine rings is 2. The van der Waals surface area contributed by atoms with Crippen LogP contribution in [0.4, 0.5) is 24.8 Å². The summed E-state index contributed by atoms with van der Waals surface area (Å²) in [5, 5.41) is 28.9. The van der Waals surface area contributed by atoms with Crippen LogP contribution in [0.15, 0.2) is 30.5 Å². The van der Waals surface area contributed by atoms with Crippen molar-refractivity contribution < 1.29 is 23.0 Å². The van der Waals surface area contributed by atoms with E-state index in [2.05, 4.69) is 27.0 Å². The van der Waals surface area contributed by atoms with Crippen LogP contribution in [0, 0.1) is 16.7 Å². The van der Waals surface area contributed by atoms with Crippen molar-refractivity contribution in [3.63, 3.8) is 0 Å². The van der Waals surface area contributed by atoms with Crippen LogP contribution in [-0.4, -0.2) is 65.7 Å². The second-order valence-corrected chi connectivity index (χ2v) is 10.4. The lowest BCUT2D eigenvalue weighted by Gasteiger charge is -2.31. The van der Waals surface area contributed by atoms with E-state index in [9.17, 15) is 23.5 Å². The lowest BCUT2D eigenvalue weighted by Crippen LogP contribution is -2.44. The highest BCUT2D eigenvalue weighted by atomic mass is 35.5. The first-order valence-electron chi connectivity index (χ1n) is 12.8. The van der Waals surface area contributed by atoms with E-state index in [0.717, 1.165) is 12.8 Å². The number of anilines is 2. The number of nitriles is 1. The lowest BCUT2D eigenvalue weighted by molar-refractivity contribution is -0.202. The Balaban J connectivity index is 1.34. The van der Waals surface area contributed by atoms with Gasteiger partial charge in [-0.25, -0.2) is 9.97 Å².